The summed E-state index contributed by atoms with van der Waals surface area (Å²) in [6, 6.07) is 10.9. The Bertz CT molecular complexity index is 538. The van der Waals surface area contributed by atoms with E-state index in [4.69, 9.17) is 0 Å². The average molecular weight is 276 g/mol. The van der Waals surface area contributed by atoms with Crippen LogP contribution in [0.15, 0.2) is 40.3 Å². The maximum atomic E-state index is 4.38. The Morgan fingerprint density at radius 1 is 1.44 bits per heavy atom. The maximum absolute atomic E-state index is 4.38. The van der Waals surface area contributed by atoms with Crippen LogP contribution in [0.25, 0.3) is 0 Å². The molecule has 4 heteroatoms. The van der Waals surface area contributed by atoms with Gasteiger partial charge in [-0.2, -0.15) is 5.10 Å². The summed E-state index contributed by atoms with van der Waals surface area (Å²) in [4.78, 5) is 1.46. The largest absolute Gasteiger partial charge is 0.262 e. The third-order valence-electron chi connectivity index (χ3n) is 3.09. The monoisotopic (exact) mass is 276 g/mol. The van der Waals surface area contributed by atoms with Gasteiger partial charge in [0, 0.05) is 22.9 Å². The normalized spacial score (nSPS) is 18.0. The molecule has 0 radical (unpaired) electrons. The quantitative estimate of drug-likeness (QED) is 0.799. The van der Waals surface area contributed by atoms with E-state index in [1.54, 1.807) is 0 Å². The van der Waals surface area contributed by atoms with Gasteiger partial charge in [0.25, 0.3) is 0 Å². The van der Waals surface area contributed by atoms with Crippen molar-refractivity contribution in [2.45, 2.75) is 28.5 Å². The fourth-order valence-electron chi connectivity index (χ4n) is 2.25. The summed E-state index contributed by atoms with van der Waals surface area (Å²) in [7, 11) is 2.02. The lowest BCUT2D eigenvalue weighted by Crippen LogP contribution is -2.05. The van der Waals surface area contributed by atoms with Gasteiger partial charge in [-0.25, -0.2) is 0 Å². The Labute approximate surface area is 116 Å². The van der Waals surface area contributed by atoms with Gasteiger partial charge in [-0.1, -0.05) is 18.2 Å². The van der Waals surface area contributed by atoms with Gasteiger partial charge in [0.15, 0.2) is 0 Å². The number of benzene rings is 1. The van der Waals surface area contributed by atoms with Gasteiger partial charge in [0.05, 0.1) is 10.7 Å². The van der Waals surface area contributed by atoms with Gasteiger partial charge in [0.1, 0.15) is 0 Å². The molecule has 94 valence electrons. The van der Waals surface area contributed by atoms with Gasteiger partial charge in [-0.15, -0.1) is 23.5 Å². The maximum Gasteiger partial charge on any atom is 0.0939 e. The molecule has 1 atom stereocenters. The Kier molecular flexibility index (Phi) is 3.39. The standard InChI is InChI=1S/C14H16N2S2/c1-10-7-14(16(2)15-10)17-9-12-8-11-5-3-4-6-13(11)18-12/h3-7,12H,8-9H2,1-2H3. The second-order valence-electron chi connectivity index (χ2n) is 4.61. The van der Waals surface area contributed by atoms with Crippen LogP contribution >= 0.6 is 23.5 Å². The SMILES string of the molecule is Cc1cc(SCC2Cc3ccccc3S2)n(C)n1. The molecule has 0 amide bonds. The number of hydrogen-bond acceptors (Lipinski definition) is 3. The summed E-state index contributed by atoms with van der Waals surface area (Å²) in [5.41, 5.74) is 2.61. The third-order valence-corrected chi connectivity index (χ3v) is 5.87. The Morgan fingerprint density at radius 2 is 2.28 bits per heavy atom. The van der Waals surface area contributed by atoms with Crippen LogP contribution in [0, 0.1) is 6.92 Å². The first-order chi connectivity index (χ1) is 8.72. The van der Waals surface area contributed by atoms with Crippen LogP contribution in [0.2, 0.25) is 0 Å². The third kappa shape index (κ3) is 2.45. The molecule has 0 aliphatic carbocycles. The topological polar surface area (TPSA) is 17.8 Å². The summed E-state index contributed by atoms with van der Waals surface area (Å²) >= 11 is 3.93. The van der Waals surface area contributed by atoms with Crippen LogP contribution in [-0.4, -0.2) is 20.8 Å². The predicted molar refractivity (Wildman–Crippen MR) is 78.5 cm³/mol. The van der Waals surface area contributed by atoms with E-state index in [-0.39, 0.29) is 0 Å². The molecule has 1 aliphatic rings. The summed E-state index contributed by atoms with van der Waals surface area (Å²) in [6.45, 7) is 2.05. The first kappa shape index (κ1) is 12.2. The van der Waals surface area contributed by atoms with Crippen LogP contribution in [0.3, 0.4) is 0 Å². The minimum atomic E-state index is 0.697. The zero-order chi connectivity index (χ0) is 12.5. The summed E-state index contributed by atoms with van der Waals surface area (Å²) in [6.07, 6.45) is 1.20. The summed E-state index contributed by atoms with van der Waals surface area (Å²) in [5, 5.41) is 6.35. The molecule has 0 bridgehead atoms. The Balaban J connectivity index is 1.62. The van der Waals surface area contributed by atoms with Crippen LogP contribution in [0.1, 0.15) is 11.3 Å². The van der Waals surface area contributed by atoms with Gasteiger partial charge in [-0.3, -0.25) is 4.68 Å². The fourth-order valence-corrected chi connectivity index (χ4v) is 4.76. The van der Waals surface area contributed by atoms with E-state index in [9.17, 15) is 0 Å². The molecule has 0 saturated heterocycles. The highest BCUT2D eigenvalue weighted by atomic mass is 32.2. The van der Waals surface area contributed by atoms with Crippen molar-refractivity contribution in [2.24, 2.45) is 7.05 Å². The molecule has 1 aromatic heterocycles. The first-order valence-electron chi connectivity index (χ1n) is 6.10. The number of fused-ring (bicyclic) bond motifs is 1. The van der Waals surface area contributed by atoms with Gasteiger partial charge in [-0.05, 0) is 31.0 Å². The van der Waals surface area contributed by atoms with Crippen molar-refractivity contribution in [3.05, 3.63) is 41.6 Å². The minimum Gasteiger partial charge on any atom is -0.262 e. The van der Waals surface area contributed by atoms with Crippen LogP contribution in [0.5, 0.6) is 0 Å². The molecule has 3 rings (SSSR count). The van der Waals surface area contributed by atoms with Crippen molar-refractivity contribution in [2.75, 3.05) is 5.75 Å². The minimum absolute atomic E-state index is 0.697. The van der Waals surface area contributed by atoms with Gasteiger partial charge < -0.3 is 0 Å². The lowest BCUT2D eigenvalue weighted by Gasteiger charge is -2.07. The lowest BCUT2D eigenvalue weighted by molar-refractivity contribution is 0.692. The average Bonchev–Trinajstić information content (AvgIpc) is 2.89. The zero-order valence-electron chi connectivity index (χ0n) is 10.6. The number of hydrogen-bond donors (Lipinski definition) is 0. The Hall–Kier alpha value is -0.870. The number of thioether (sulfide) groups is 2. The fraction of sp³-hybridized carbons (Fsp3) is 0.357. The molecule has 2 aromatic rings. The highest BCUT2D eigenvalue weighted by molar-refractivity contribution is 8.03. The molecule has 1 unspecified atom stereocenters. The van der Waals surface area contributed by atoms with E-state index in [1.807, 2.05) is 42.2 Å². The number of rotatable bonds is 3. The molecule has 0 N–H and O–H groups in total. The van der Waals surface area contributed by atoms with E-state index in [2.05, 4.69) is 35.4 Å². The van der Waals surface area contributed by atoms with Crippen molar-refractivity contribution in [1.82, 2.24) is 9.78 Å². The van der Waals surface area contributed by atoms with E-state index in [1.165, 1.54) is 21.9 Å². The lowest BCUT2D eigenvalue weighted by atomic mass is 10.1. The smallest absolute Gasteiger partial charge is 0.0939 e. The van der Waals surface area contributed by atoms with Crippen LogP contribution in [-0.2, 0) is 13.5 Å². The van der Waals surface area contributed by atoms with Crippen molar-refractivity contribution in [1.29, 1.82) is 0 Å². The first-order valence-corrected chi connectivity index (χ1v) is 7.97. The summed E-state index contributed by atoms with van der Waals surface area (Å²) in [5.74, 6) is 1.15. The van der Waals surface area contributed by atoms with Crippen LogP contribution < -0.4 is 0 Å². The molecule has 2 heterocycles. The summed E-state index contributed by atoms with van der Waals surface area (Å²) < 4.78 is 1.98. The van der Waals surface area contributed by atoms with Crippen LogP contribution in [0.4, 0.5) is 0 Å². The Morgan fingerprint density at radius 3 is 3.00 bits per heavy atom. The molecule has 2 nitrogen and oxygen atoms in total. The molecule has 1 aliphatic heterocycles. The second kappa shape index (κ2) is 5.02. The molecule has 18 heavy (non-hydrogen) atoms. The number of nitrogens with zero attached hydrogens (tertiary/aromatic N) is 2. The van der Waals surface area contributed by atoms with Crippen molar-refractivity contribution in [3.63, 3.8) is 0 Å². The van der Waals surface area contributed by atoms with E-state index in [0.29, 0.717) is 5.25 Å². The predicted octanol–water partition coefficient (Wildman–Crippen LogP) is 3.54. The molecular formula is C14H16N2S2. The van der Waals surface area contributed by atoms with Crippen molar-refractivity contribution < 1.29 is 0 Å². The van der Waals surface area contributed by atoms with E-state index < -0.39 is 0 Å². The highest BCUT2D eigenvalue weighted by Crippen LogP contribution is 2.39. The van der Waals surface area contributed by atoms with E-state index >= 15 is 0 Å². The van der Waals surface area contributed by atoms with Gasteiger partial charge >= 0.3 is 0 Å². The van der Waals surface area contributed by atoms with Crippen molar-refractivity contribution >= 4 is 23.5 Å². The highest BCUT2D eigenvalue weighted by Gasteiger charge is 2.22. The number of aryl methyl sites for hydroxylation is 2. The molecule has 0 saturated carbocycles. The molecule has 0 spiro atoms. The molecule has 1 aromatic carbocycles. The zero-order valence-corrected chi connectivity index (χ0v) is 12.2. The second-order valence-corrected chi connectivity index (χ2v) is 6.99. The molecule has 0 fully saturated rings. The van der Waals surface area contributed by atoms with Crippen molar-refractivity contribution in [3.8, 4) is 0 Å². The molecular weight excluding hydrogens is 260 g/mol. The number of aromatic nitrogens is 2. The van der Waals surface area contributed by atoms with E-state index in [0.717, 1.165) is 11.4 Å². The van der Waals surface area contributed by atoms with Gasteiger partial charge in [0.2, 0.25) is 0 Å².